The molecule has 2 amide bonds. The summed E-state index contributed by atoms with van der Waals surface area (Å²) in [5.41, 5.74) is 0.852. The van der Waals surface area contributed by atoms with Crippen molar-refractivity contribution < 1.29 is 9.59 Å². The fourth-order valence-electron chi connectivity index (χ4n) is 2.17. The molecule has 1 N–H and O–H groups in total. The molecule has 0 radical (unpaired) electrons. The zero-order valence-corrected chi connectivity index (χ0v) is 12.4. The average Bonchev–Trinajstić information content (AvgIpc) is 2.77. The molecule has 5 heteroatoms. The molecule has 0 aromatic carbocycles. The Labute approximate surface area is 117 Å². The van der Waals surface area contributed by atoms with Crippen molar-refractivity contribution in [3.05, 3.63) is 22.4 Å². The Morgan fingerprint density at radius 2 is 2.16 bits per heavy atom. The van der Waals surface area contributed by atoms with Crippen LogP contribution in [-0.4, -0.2) is 29.3 Å². The summed E-state index contributed by atoms with van der Waals surface area (Å²) in [4.78, 5) is 26.1. The van der Waals surface area contributed by atoms with E-state index < -0.39 is 6.04 Å². The molecule has 1 unspecified atom stereocenters. The first-order valence-corrected chi connectivity index (χ1v) is 7.41. The second-order valence-electron chi connectivity index (χ2n) is 6.01. The molecule has 0 saturated carbocycles. The number of thiophene rings is 1. The summed E-state index contributed by atoms with van der Waals surface area (Å²) >= 11 is 1.62. The molecule has 1 aromatic rings. The molecular formula is C14H20N2O2S. The first kappa shape index (κ1) is 14.1. The lowest BCUT2D eigenvalue weighted by Crippen LogP contribution is -2.51. The predicted molar refractivity (Wildman–Crippen MR) is 75.7 cm³/mol. The Bertz CT molecular complexity index is 462. The Kier molecular flexibility index (Phi) is 3.94. The number of nitrogens with one attached hydrogen (secondary N) is 1. The van der Waals surface area contributed by atoms with E-state index in [-0.39, 0.29) is 17.2 Å². The maximum absolute atomic E-state index is 12.6. The van der Waals surface area contributed by atoms with Crippen molar-refractivity contribution in [1.82, 2.24) is 10.2 Å². The minimum absolute atomic E-state index is 0.0181. The van der Waals surface area contributed by atoms with Crippen molar-refractivity contribution in [2.24, 2.45) is 5.41 Å². The van der Waals surface area contributed by atoms with E-state index in [2.05, 4.69) is 5.32 Å². The summed E-state index contributed by atoms with van der Waals surface area (Å²) in [7, 11) is 0. The minimum Gasteiger partial charge on any atom is -0.344 e. The Morgan fingerprint density at radius 3 is 2.74 bits per heavy atom. The normalized spacial score (nSPS) is 21.2. The first-order chi connectivity index (χ1) is 8.88. The van der Waals surface area contributed by atoms with E-state index in [1.54, 1.807) is 16.2 Å². The number of rotatable bonds is 2. The molecular weight excluding hydrogens is 260 g/mol. The highest BCUT2D eigenvalue weighted by Gasteiger charge is 2.37. The molecule has 2 heterocycles. The molecule has 1 atom stereocenters. The molecule has 1 aromatic heterocycles. The third kappa shape index (κ3) is 3.35. The fraction of sp³-hybridized carbons (Fsp3) is 0.571. The summed E-state index contributed by atoms with van der Waals surface area (Å²) in [6, 6.07) is 1.57. The van der Waals surface area contributed by atoms with Gasteiger partial charge in [0.1, 0.15) is 6.04 Å². The van der Waals surface area contributed by atoms with E-state index in [9.17, 15) is 9.59 Å². The maximum atomic E-state index is 12.6. The second kappa shape index (κ2) is 5.33. The molecule has 0 aliphatic carbocycles. The van der Waals surface area contributed by atoms with Gasteiger partial charge in [0.05, 0.1) is 0 Å². The number of amides is 2. The third-order valence-electron chi connectivity index (χ3n) is 3.29. The number of carbonyl (C=O) groups is 2. The second-order valence-corrected chi connectivity index (χ2v) is 6.79. The lowest BCUT2D eigenvalue weighted by molar-refractivity contribution is -0.136. The molecule has 19 heavy (non-hydrogen) atoms. The van der Waals surface area contributed by atoms with Crippen molar-refractivity contribution in [3.63, 3.8) is 0 Å². The topological polar surface area (TPSA) is 49.4 Å². The van der Waals surface area contributed by atoms with Gasteiger partial charge >= 0.3 is 0 Å². The zero-order chi connectivity index (χ0) is 14.0. The lowest BCUT2D eigenvalue weighted by atomic mass is 9.86. The standard InChI is InChI=1S/C14H20N2O2S/c1-14(2,3)12-13(18)16(6-4-11(17)15-12)8-10-5-7-19-9-10/h5,7,9,12H,4,6,8H2,1-3H3,(H,15,17). The quantitative estimate of drug-likeness (QED) is 0.901. The number of hydrogen-bond acceptors (Lipinski definition) is 3. The number of nitrogens with zero attached hydrogens (tertiary/aromatic N) is 1. The van der Waals surface area contributed by atoms with Crippen LogP contribution in [0.25, 0.3) is 0 Å². The van der Waals surface area contributed by atoms with Crippen molar-refractivity contribution in [1.29, 1.82) is 0 Å². The highest BCUT2D eigenvalue weighted by atomic mass is 32.1. The molecule has 0 spiro atoms. The first-order valence-electron chi connectivity index (χ1n) is 6.47. The largest absolute Gasteiger partial charge is 0.344 e. The van der Waals surface area contributed by atoms with Gasteiger partial charge < -0.3 is 10.2 Å². The van der Waals surface area contributed by atoms with E-state index in [1.165, 1.54) is 0 Å². The minimum atomic E-state index is -0.443. The Morgan fingerprint density at radius 1 is 1.42 bits per heavy atom. The Hall–Kier alpha value is -1.36. The highest BCUT2D eigenvalue weighted by Crippen LogP contribution is 2.24. The summed E-state index contributed by atoms with van der Waals surface area (Å²) in [6.07, 6.45) is 0.377. The van der Waals surface area contributed by atoms with E-state index >= 15 is 0 Å². The van der Waals surface area contributed by atoms with Crippen LogP contribution in [0.1, 0.15) is 32.8 Å². The van der Waals surface area contributed by atoms with Gasteiger partial charge in [-0.05, 0) is 27.8 Å². The molecule has 0 bridgehead atoms. The van der Waals surface area contributed by atoms with Gasteiger partial charge in [-0.2, -0.15) is 11.3 Å². The van der Waals surface area contributed by atoms with Crippen LogP contribution in [-0.2, 0) is 16.1 Å². The van der Waals surface area contributed by atoms with Gasteiger partial charge in [-0.25, -0.2) is 0 Å². The van der Waals surface area contributed by atoms with Crippen molar-refractivity contribution in [2.75, 3.05) is 6.54 Å². The summed E-state index contributed by atoms with van der Waals surface area (Å²) in [6.45, 7) is 7.01. The SMILES string of the molecule is CC(C)(C)C1NC(=O)CCN(Cc2ccsc2)C1=O. The summed E-state index contributed by atoms with van der Waals surface area (Å²) in [5, 5.41) is 6.89. The van der Waals surface area contributed by atoms with Crippen LogP contribution in [0.2, 0.25) is 0 Å². The van der Waals surface area contributed by atoms with Crippen LogP contribution in [0, 0.1) is 5.41 Å². The molecule has 2 rings (SSSR count). The lowest BCUT2D eigenvalue weighted by Gasteiger charge is -2.32. The molecule has 1 fully saturated rings. The average molecular weight is 280 g/mol. The van der Waals surface area contributed by atoms with Gasteiger partial charge in [-0.15, -0.1) is 0 Å². The van der Waals surface area contributed by atoms with Gasteiger partial charge in [-0.1, -0.05) is 20.8 Å². The van der Waals surface area contributed by atoms with Crippen LogP contribution in [0.3, 0.4) is 0 Å². The van der Waals surface area contributed by atoms with Crippen LogP contribution < -0.4 is 5.32 Å². The van der Waals surface area contributed by atoms with Gasteiger partial charge in [0.15, 0.2) is 0 Å². The van der Waals surface area contributed by atoms with Gasteiger partial charge in [0, 0.05) is 19.5 Å². The fourth-order valence-corrected chi connectivity index (χ4v) is 2.83. The predicted octanol–water partition coefficient (Wildman–Crippen LogP) is 2.01. The third-order valence-corrected chi connectivity index (χ3v) is 4.02. The van der Waals surface area contributed by atoms with Crippen molar-refractivity contribution in [2.45, 2.75) is 39.8 Å². The van der Waals surface area contributed by atoms with Gasteiger partial charge in [0.2, 0.25) is 11.8 Å². The van der Waals surface area contributed by atoms with Crippen LogP contribution in [0.4, 0.5) is 0 Å². The highest BCUT2D eigenvalue weighted by molar-refractivity contribution is 7.07. The van der Waals surface area contributed by atoms with E-state index in [0.29, 0.717) is 19.5 Å². The van der Waals surface area contributed by atoms with Gasteiger partial charge in [-0.3, -0.25) is 9.59 Å². The van der Waals surface area contributed by atoms with E-state index in [1.807, 2.05) is 37.6 Å². The smallest absolute Gasteiger partial charge is 0.246 e. The van der Waals surface area contributed by atoms with Crippen LogP contribution >= 0.6 is 11.3 Å². The van der Waals surface area contributed by atoms with Crippen molar-refractivity contribution in [3.8, 4) is 0 Å². The summed E-state index contributed by atoms with van der Waals surface area (Å²) < 4.78 is 0. The number of carbonyl (C=O) groups excluding carboxylic acids is 2. The van der Waals surface area contributed by atoms with Crippen LogP contribution in [0.15, 0.2) is 16.8 Å². The van der Waals surface area contributed by atoms with Gasteiger partial charge in [0.25, 0.3) is 0 Å². The van der Waals surface area contributed by atoms with E-state index in [4.69, 9.17) is 0 Å². The monoisotopic (exact) mass is 280 g/mol. The molecule has 4 nitrogen and oxygen atoms in total. The van der Waals surface area contributed by atoms with Crippen LogP contribution in [0.5, 0.6) is 0 Å². The number of hydrogen-bond donors (Lipinski definition) is 1. The Balaban J connectivity index is 2.19. The molecule has 1 aliphatic rings. The molecule has 1 aliphatic heterocycles. The van der Waals surface area contributed by atoms with E-state index in [0.717, 1.165) is 5.56 Å². The zero-order valence-electron chi connectivity index (χ0n) is 11.6. The molecule has 104 valence electrons. The maximum Gasteiger partial charge on any atom is 0.246 e. The van der Waals surface area contributed by atoms with Crippen molar-refractivity contribution >= 4 is 23.2 Å². The molecule has 1 saturated heterocycles. The summed E-state index contributed by atoms with van der Waals surface area (Å²) in [5.74, 6) is -0.0226.